The van der Waals surface area contributed by atoms with E-state index in [9.17, 15) is 0 Å². The number of benzene rings is 1. The Morgan fingerprint density at radius 2 is 2.00 bits per heavy atom. The number of nitrogens with zero attached hydrogens (tertiary/aromatic N) is 4. The summed E-state index contributed by atoms with van der Waals surface area (Å²) in [7, 11) is 3.56. The second-order valence-corrected chi connectivity index (χ2v) is 6.87. The summed E-state index contributed by atoms with van der Waals surface area (Å²) in [5.74, 6) is 1.87. The molecular formula is C18H26IN5OS. The van der Waals surface area contributed by atoms with Gasteiger partial charge in [0.15, 0.2) is 5.96 Å². The van der Waals surface area contributed by atoms with Gasteiger partial charge in [-0.15, -0.1) is 35.3 Å². The van der Waals surface area contributed by atoms with Gasteiger partial charge in [-0.2, -0.15) is 0 Å². The number of hydrogen-bond donors (Lipinski definition) is 1. The minimum atomic E-state index is 0. The summed E-state index contributed by atoms with van der Waals surface area (Å²) in [6.07, 6.45) is 0. The fraction of sp³-hybridized carbons (Fsp3) is 0.444. The van der Waals surface area contributed by atoms with Crippen LogP contribution in [0.1, 0.15) is 10.7 Å². The normalized spacial score (nSPS) is 14.8. The molecule has 1 aromatic heterocycles. The average Bonchev–Trinajstić information content (AvgIpc) is 3.08. The van der Waals surface area contributed by atoms with Crippen molar-refractivity contribution in [1.82, 2.24) is 15.2 Å². The molecule has 0 radical (unpaired) electrons. The van der Waals surface area contributed by atoms with Gasteiger partial charge in [0.25, 0.3) is 0 Å². The highest BCUT2D eigenvalue weighted by molar-refractivity contribution is 14.0. The average molecular weight is 487 g/mol. The third kappa shape index (κ3) is 5.00. The highest BCUT2D eigenvalue weighted by atomic mass is 127. The molecule has 2 aromatic rings. The molecule has 1 saturated heterocycles. The zero-order chi connectivity index (χ0) is 17.6. The molecule has 0 spiro atoms. The van der Waals surface area contributed by atoms with Crippen LogP contribution in [0.3, 0.4) is 0 Å². The van der Waals surface area contributed by atoms with Crippen LogP contribution in [-0.4, -0.2) is 56.2 Å². The highest BCUT2D eigenvalue weighted by Gasteiger charge is 2.21. The number of thiazole rings is 1. The number of ether oxygens (including phenoxy) is 1. The molecule has 1 aliphatic rings. The Hall–Kier alpha value is -1.55. The maximum absolute atomic E-state index is 5.49. The molecule has 8 heteroatoms. The van der Waals surface area contributed by atoms with Crippen molar-refractivity contribution < 1.29 is 4.74 Å². The summed E-state index contributed by atoms with van der Waals surface area (Å²) in [6, 6.07) is 8.19. The van der Waals surface area contributed by atoms with Crippen molar-refractivity contribution in [3.05, 3.63) is 40.3 Å². The van der Waals surface area contributed by atoms with Crippen LogP contribution in [0, 0.1) is 6.92 Å². The lowest BCUT2D eigenvalue weighted by Crippen LogP contribution is -2.52. The number of piperazine rings is 1. The van der Waals surface area contributed by atoms with Crippen molar-refractivity contribution in [3.8, 4) is 5.75 Å². The smallest absolute Gasteiger partial charge is 0.194 e. The first-order chi connectivity index (χ1) is 12.2. The first-order valence-corrected chi connectivity index (χ1v) is 9.34. The Balaban J connectivity index is 0.00000243. The van der Waals surface area contributed by atoms with Gasteiger partial charge in [-0.25, -0.2) is 4.98 Å². The highest BCUT2D eigenvalue weighted by Crippen LogP contribution is 2.28. The van der Waals surface area contributed by atoms with Gasteiger partial charge in [0.05, 0.1) is 19.3 Å². The predicted octanol–water partition coefficient (Wildman–Crippen LogP) is 2.98. The van der Waals surface area contributed by atoms with Gasteiger partial charge in [-0.3, -0.25) is 4.99 Å². The number of guanidine groups is 1. The van der Waals surface area contributed by atoms with E-state index in [0.717, 1.165) is 60.8 Å². The number of halogens is 1. The zero-order valence-corrected chi connectivity index (χ0v) is 18.6. The van der Waals surface area contributed by atoms with Gasteiger partial charge in [0, 0.05) is 44.3 Å². The molecule has 26 heavy (non-hydrogen) atoms. The number of anilines is 1. The van der Waals surface area contributed by atoms with Crippen LogP contribution in [0.4, 0.5) is 5.69 Å². The molecule has 0 aliphatic carbocycles. The second kappa shape index (κ2) is 9.96. The van der Waals surface area contributed by atoms with Crippen molar-refractivity contribution in [2.75, 3.05) is 45.2 Å². The molecule has 142 valence electrons. The Bertz CT molecular complexity index is 728. The summed E-state index contributed by atoms with van der Waals surface area (Å²) in [5, 5.41) is 6.59. The van der Waals surface area contributed by atoms with Crippen molar-refractivity contribution in [1.29, 1.82) is 0 Å². The molecule has 1 aromatic carbocycles. The van der Waals surface area contributed by atoms with Gasteiger partial charge in [-0.1, -0.05) is 12.1 Å². The number of para-hydroxylation sites is 2. The molecule has 0 saturated carbocycles. The minimum Gasteiger partial charge on any atom is -0.495 e. The topological polar surface area (TPSA) is 53.0 Å². The van der Waals surface area contributed by atoms with Crippen LogP contribution in [0.25, 0.3) is 0 Å². The quantitative estimate of drug-likeness (QED) is 0.409. The second-order valence-electron chi connectivity index (χ2n) is 5.93. The number of methoxy groups -OCH3 is 1. The van der Waals surface area contributed by atoms with E-state index in [1.165, 1.54) is 0 Å². The number of hydrogen-bond acceptors (Lipinski definition) is 5. The molecule has 1 aliphatic heterocycles. The van der Waals surface area contributed by atoms with E-state index in [4.69, 9.17) is 4.74 Å². The summed E-state index contributed by atoms with van der Waals surface area (Å²) in [6.45, 7) is 6.47. The van der Waals surface area contributed by atoms with Gasteiger partial charge >= 0.3 is 0 Å². The molecule has 1 fully saturated rings. The van der Waals surface area contributed by atoms with Crippen LogP contribution in [0.2, 0.25) is 0 Å². The van der Waals surface area contributed by atoms with Crippen LogP contribution >= 0.6 is 35.3 Å². The molecule has 3 rings (SSSR count). The van der Waals surface area contributed by atoms with E-state index in [0.29, 0.717) is 0 Å². The van der Waals surface area contributed by atoms with Gasteiger partial charge < -0.3 is 19.9 Å². The van der Waals surface area contributed by atoms with E-state index in [2.05, 4.69) is 42.6 Å². The number of nitrogens with one attached hydrogen (secondary N) is 1. The van der Waals surface area contributed by atoms with E-state index in [1.54, 1.807) is 18.4 Å². The maximum Gasteiger partial charge on any atom is 0.194 e. The fourth-order valence-corrected chi connectivity index (χ4v) is 3.73. The van der Waals surface area contributed by atoms with Gasteiger partial charge in [0.1, 0.15) is 10.8 Å². The predicted molar refractivity (Wildman–Crippen MR) is 119 cm³/mol. The first-order valence-electron chi connectivity index (χ1n) is 8.46. The lowest BCUT2D eigenvalue weighted by atomic mass is 10.2. The fourth-order valence-electron chi connectivity index (χ4n) is 3.02. The van der Waals surface area contributed by atoms with Crippen molar-refractivity contribution in [2.45, 2.75) is 13.5 Å². The van der Waals surface area contributed by atoms with Crippen LogP contribution in [0.5, 0.6) is 5.75 Å². The van der Waals surface area contributed by atoms with E-state index < -0.39 is 0 Å². The Labute approximate surface area is 176 Å². The van der Waals surface area contributed by atoms with Crippen LogP contribution in [0.15, 0.2) is 34.6 Å². The monoisotopic (exact) mass is 487 g/mol. The molecule has 6 nitrogen and oxygen atoms in total. The summed E-state index contributed by atoms with van der Waals surface area (Å²) in [5.41, 5.74) is 2.23. The van der Waals surface area contributed by atoms with Crippen molar-refractivity contribution in [2.24, 2.45) is 4.99 Å². The van der Waals surface area contributed by atoms with E-state index >= 15 is 0 Å². The van der Waals surface area contributed by atoms with Crippen molar-refractivity contribution >= 4 is 47.0 Å². The molecule has 0 bridgehead atoms. The minimum absolute atomic E-state index is 0. The number of rotatable bonds is 4. The molecule has 0 amide bonds. The molecule has 0 atom stereocenters. The zero-order valence-electron chi connectivity index (χ0n) is 15.4. The van der Waals surface area contributed by atoms with E-state index in [1.807, 2.05) is 26.1 Å². The summed E-state index contributed by atoms with van der Waals surface area (Å²) >= 11 is 1.68. The molecule has 0 unspecified atom stereocenters. The lowest BCUT2D eigenvalue weighted by molar-refractivity contribution is 0.367. The van der Waals surface area contributed by atoms with E-state index in [-0.39, 0.29) is 24.0 Å². The van der Waals surface area contributed by atoms with Gasteiger partial charge in [0.2, 0.25) is 0 Å². The third-order valence-electron chi connectivity index (χ3n) is 4.28. The Morgan fingerprint density at radius 1 is 1.27 bits per heavy atom. The molecule has 1 N–H and O–H groups in total. The molecule has 2 heterocycles. The summed E-state index contributed by atoms with van der Waals surface area (Å²) in [4.78, 5) is 13.6. The maximum atomic E-state index is 5.49. The SMILES string of the molecule is CN=C(NCc1nc(C)cs1)N1CCN(c2ccccc2OC)CC1.I. The number of aryl methyl sites for hydroxylation is 1. The van der Waals surface area contributed by atoms with Crippen LogP contribution in [-0.2, 0) is 6.54 Å². The number of aliphatic imine (C=N–C) groups is 1. The van der Waals surface area contributed by atoms with Crippen LogP contribution < -0.4 is 15.0 Å². The third-order valence-corrected chi connectivity index (χ3v) is 5.25. The largest absolute Gasteiger partial charge is 0.495 e. The first kappa shape index (κ1) is 20.8. The Kier molecular flexibility index (Phi) is 7.95. The summed E-state index contributed by atoms with van der Waals surface area (Å²) < 4.78 is 5.49. The van der Waals surface area contributed by atoms with Gasteiger partial charge in [-0.05, 0) is 19.1 Å². The lowest BCUT2D eigenvalue weighted by Gasteiger charge is -2.38. The molecular weight excluding hydrogens is 461 g/mol. The number of aromatic nitrogens is 1. The standard InChI is InChI=1S/C18H25N5OS.HI/c1-14-13-25-17(21-14)12-20-18(19-2)23-10-8-22(9-11-23)15-6-4-5-7-16(15)24-3;/h4-7,13H,8-12H2,1-3H3,(H,19,20);1H. The van der Waals surface area contributed by atoms with Crippen molar-refractivity contribution in [3.63, 3.8) is 0 Å². The Morgan fingerprint density at radius 3 is 2.62 bits per heavy atom.